The molecule has 0 aliphatic rings. The van der Waals surface area contributed by atoms with Crippen LogP contribution in [0.3, 0.4) is 0 Å². The van der Waals surface area contributed by atoms with E-state index in [0.29, 0.717) is 21.4 Å². The molecule has 0 fully saturated rings. The first-order valence-corrected chi connectivity index (χ1v) is 12.9. The minimum Gasteiger partial charge on any atom is -0.497 e. The van der Waals surface area contributed by atoms with E-state index < -0.39 is 28.0 Å². The Bertz CT molecular complexity index is 1290. The molecule has 0 saturated carbocycles. The number of halogens is 2. The number of hydrogen-bond donors (Lipinski definition) is 1. The fourth-order valence-corrected chi connectivity index (χ4v) is 5.16. The molecule has 184 valence electrons. The van der Waals surface area contributed by atoms with E-state index in [9.17, 15) is 13.2 Å². The van der Waals surface area contributed by atoms with E-state index in [4.69, 9.17) is 32.7 Å². The summed E-state index contributed by atoms with van der Waals surface area (Å²) in [5.41, 5.74) is 1.45. The summed E-state index contributed by atoms with van der Waals surface area (Å²) in [5.74, 6) is -0.562. The van der Waals surface area contributed by atoms with Crippen molar-refractivity contribution in [3.63, 3.8) is 0 Å². The van der Waals surface area contributed by atoms with Gasteiger partial charge in [-0.3, -0.25) is 4.79 Å². The molecule has 6 nitrogen and oxygen atoms in total. The van der Waals surface area contributed by atoms with Gasteiger partial charge in [0.2, 0.25) is 10.0 Å². The van der Waals surface area contributed by atoms with Crippen LogP contribution in [-0.2, 0) is 19.6 Å². The molecule has 3 aromatic rings. The Hall–Kier alpha value is -2.84. The maximum absolute atomic E-state index is 13.3. The first-order chi connectivity index (χ1) is 16.7. The molecule has 0 saturated heterocycles. The highest BCUT2D eigenvalue weighted by atomic mass is 35.5. The number of nitrogens with one attached hydrogen (secondary N) is 1. The first kappa shape index (κ1) is 26.8. The van der Waals surface area contributed by atoms with Crippen molar-refractivity contribution in [1.29, 1.82) is 0 Å². The Morgan fingerprint density at radius 1 is 0.971 bits per heavy atom. The van der Waals surface area contributed by atoms with Crippen LogP contribution in [0, 0.1) is 0 Å². The molecule has 0 bridgehead atoms. The van der Waals surface area contributed by atoms with Gasteiger partial charge in [-0.15, -0.1) is 0 Å². The first-order valence-electron chi connectivity index (χ1n) is 10.6. The number of esters is 1. The average Bonchev–Trinajstić information content (AvgIpc) is 2.85. The molecule has 0 amide bonds. The van der Waals surface area contributed by atoms with Gasteiger partial charge in [-0.1, -0.05) is 59.6 Å². The molecule has 0 aliphatic carbocycles. The van der Waals surface area contributed by atoms with Crippen molar-refractivity contribution < 1.29 is 22.7 Å². The zero-order chi connectivity index (χ0) is 25.4. The van der Waals surface area contributed by atoms with Crippen LogP contribution in [0.2, 0.25) is 10.0 Å². The monoisotopic (exact) mass is 533 g/mol. The van der Waals surface area contributed by atoms with Crippen LogP contribution < -0.4 is 9.46 Å². The molecular formula is C26H25Cl2NO5S. The number of hydrogen-bond acceptors (Lipinski definition) is 5. The minimum absolute atomic E-state index is 0.0577. The molecule has 3 rings (SSSR count). The molecule has 2 atom stereocenters. The third-order valence-electron chi connectivity index (χ3n) is 5.33. The van der Waals surface area contributed by atoms with Gasteiger partial charge in [0, 0.05) is 22.0 Å². The van der Waals surface area contributed by atoms with Gasteiger partial charge in [0.15, 0.2) is 0 Å². The number of methoxy groups -OCH3 is 2. The van der Waals surface area contributed by atoms with Crippen LogP contribution in [-0.4, -0.2) is 34.6 Å². The largest absolute Gasteiger partial charge is 0.497 e. The van der Waals surface area contributed by atoms with Crippen molar-refractivity contribution in [2.24, 2.45) is 0 Å². The van der Waals surface area contributed by atoms with E-state index in [-0.39, 0.29) is 11.3 Å². The summed E-state index contributed by atoms with van der Waals surface area (Å²) >= 11 is 12.3. The van der Waals surface area contributed by atoms with Crippen LogP contribution in [0.25, 0.3) is 6.08 Å². The summed E-state index contributed by atoms with van der Waals surface area (Å²) < 4.78 is 39.4. The average molecular weight is 534 g/mol. The zero-order valence-corrected chi connectivity index (χ0v) is 21.5. The minimum atomic E-state index is -3.97. The van der Waals surface area contributed by atoms with Crippen LogP contribution in [0.15, 0.2) is 83.8 Å². The molecule has 3 aromatic carbocycles. The van der Waals surface area contributed by atoms with Crippen molar-refractivity contribution in [2.75, 3.05) is 14.2 Å². The lowest BCUT2D eigenvalue weighted by Crippen LogP contribution is -2.38. The molecule has 35 heavy (non-hydrogen) atoms. The van der Waals surface area contributed by atoms with Gasteiger partial charge in [-0.25, -0.2) is 13.1 Å². The Morgan fingerprint density at radius 3 is 2.23 bits per heavy atom. The van der Waals surface area contributed by atoms with Gasteiger partial charge in [0.1, 0.15) is 5.75 Å². The molecule has 0 spiro atoms. The van der Waals surface area contributed by atoms with E-state index in [1.54, 1.807) is 66.7 Å². The van der Waals surface area contributed by atoms with Gasteiger partial charge in [-0.2, -0.15) is 0 Å². The number of sulfonamides is 1. The third-order valence-corrected chi connectivity index (χ3v) is 7.28. The summed E-state index contributed by atoms with van der Waals surface area (Å²) in [6.45, 7) is 0. The van der Waals surface area contributed by atoms with Gasteiger partial charge in [-0.05, 0) is 59.7 Å². The van der Waals surface area contributed by atoms with E-state index in [1.165, 1.54) is 26.4 Å². The molecule has 0 heterocycles. The Morgan fingerprint density at radius 2 is 1.63 bits per heavy atom. The highest BCUT2D eigenvalue weighted by molar-refractivity contribution is 7.89. The van der Waals surface area contributed by atoms with Gasteiger partial charge in [0.25, 0.3) is 0 Å². The predicted molar refractivity (Wildman–Crippen MR) is 138 cm³/mol. The molecule has 0 radical (unpaired) electrons. The van der Waals surface area contributed by atoms with E-state index in [2.05, 4.69) is 4.72 Å². The van der Waals surface area contributed by atoms with Crippen molar-refractivity contribution in [1.82, 2.24) is 4.72 Å². The van der Waals surface area contributed by atoms with Crippen molar-refractivity contribution in [2.45, 2.75) is 23.3 Å². The molecular weight excluding hydrogens is 509 g/mol. The molecule has 1 N–H and O–H groups in total. The van der Waals surface area contributed by atoms with Crippen LogP contribution in [0.4, 0.5) is 0 Å². The smallest absolute Gasteiger partial charge is 0.306 e. The van der Waals surface area contributed by atoms with E-state index >= 15 is 0 Å². The van der Waals surface area contributed by atoms with Crippen LogP contribution >= 0.6 is 23.2 Å². The molecule has 0 unspecified atom stereocenters. The van der Waals surface area contributed by atoms with Gasteiger partial charge in [0.05, 0.1) is 25.5 Å². The number of ether oxygens (including phenoxy) is 2. The SMILES string of the molecule is COC(=O)C[C@@H](c1cccc(Cl)c1)[C@@H](/C=C/c1cccc(Cl)c1)NS(=O)(=O)c1ccc(OC)cc1. The zero-order valence-electron chi connectivity index (χ0n) is 19.2. The third kappa shape index (κ3) is 7.57. The van der Waals surface area contributed by atoms with E-state index in [0.717, 1.165) is 5.56 Å². The number of carbonyl (C=O) groups excluding carboxylic acids is 1. The molecule has 0 aliphatic heterocycles. The highest BCUT2D eigenvalue weighted by Crippen LogP contribution is 2.29. The summed E-state index contributed by atoms with van der Waals surface area (Å²) in [5, 5.41) is 1.01. The maximum atomic E-state index is 13.3. The van der Waals surface area contributed by atoms with Crippen molar-refractivity contribution in [3.8, 4) is 5.75 Å². The lowest BCUT2D eigenvalue weighted by atomic mass is 9.88. The van der Waals surface area contributed by atoms with Gasteiger partial charge >= 0.3 is 5.97 Å². The number of carbonyl (C=O) groups is 1. The summed E-state index contributed by atoms with van der Waals surface area (Å²) in [7, 11) is -1.18. The van der Waals surface area contributed by atoms with Crippen molar-refractivity contribution in [3.05, 3.63) is 100 Å². The lowest BCUT2D eigenvalue weighted by molar-refractivity contribution is -0.141. The summed E-state index contributed by atoms with van der Waals surface area (Å²) in [6, 6.07) is 19.3. The second-order valence-corrected chi connectivity index (χ2v) is 10.3. The second-order valence-electron chi connectivity index (χ2n) is 7.68. The second kappa shape index (κ2) is 12.2. The molecule has 0 aromatic heterocycles. The molecule has 9 heteroatoms. The topological polar surface area (TPSA) is 81.7 Å². The predicted octanol–water partition coefficient (Wildman–Crippen LogP) is 5.71. The normalized spacial score (nSPS) is 13.4. The van der Waals surface area contributed by atoms with Crippen molar-refractivity contribution >= 4 is 45.3 Å². The highest BCUT2D eigenvalue weighted by Gasteiger charge is 2.29. The van der Waals surface area contributed by atoms with Crippen LogP contribution in [0.1, 0.15) is 23.5 Å². The quantitative estimate of drug-likeness (QED) is 0.337. The fraction of sp³-hybridized carbons (Fsp3) is 0.192. The number of rotatable bonds is 10. The van der Waals surface area contributed by atoms with Crippen LogP contribution in [0.5, 0.6) is 5.75 Å². The summed E-state index contributed by atoms with van der Waals surface area (Å²) in [4.78, 5) is 12.4. The Kier molecular flexibility index (Phi) is 9.34. The summed E-state index contributed by atoms with van der Waals surface area (Å²) in [6.07, 6.45) is 3.37. The van der Waals surface area contributed by atoms with Gasteiger partial charge < -0.3 is 9.47 Å². The lowest BCUT2D eigenvalue weighted by Gasteiger charge is -2.26. The Labute approximate surface area is 215 Å². The van der Waals surface area contributed by atoms with E-state index in [1.807, 2.05) is 6.07 Å². The standard InChI is InChI=1S/C26H25Cl2NO5S/c1-33-22-10-12-23(13-11-22)35(31,32)29-25(14-9-18-5-3-7-20(27)15-18)24(17-26(30)34-2)19-6-4-8-21(28)16-19/h3-16,24-25,29H,17H2,1-2H3/b14-9+/t24-,25+/m0/s1. The fourth-order valence-electron chi connectivity index (χ4n) is 3.53. The maximum Gasteiger partial charge on any atom is 0.306 e. The Balaban J connectivity index is 2.05. The number of benzene rings is 3.